The summed E-state index contributed by atoms with van der Waals surface area (Å²) < 4.78 is 26.7. The van der Waals surface area contributed by atoms with Crippen LogP contribution in [0.5, 0.6) is 0 Å². The van der Waals surface area contributed by atoms with Crippen LogP contribution in [0, 0.1) is 18.2 Å². The summed E-state index contributed by atoms with van der Waals surface area (Å²) in [5.74, 6) is -0.614. The van der Waals surface area contributed by atoms with Crippen LogP contribution in [0.2, 0.25) is 0 Å². The second-order valence-electron chi connectivity index (χ2n) is 8.46. The zero-order valence-corrected chi connectivity index (χ0v) is 17.5. The fraction of sp³-hybridized carbons (Fsp3) is 0.550. The maximum Gasteiger partial charge on any atom is 0.321 e. The summed E-state index contributed by atoms with van der Waals surface area (Å²) in [6.07, 6.45) is -0.103. The van der Waals surface area contributed by atoms with Crippen molar-refractivity contribution in [1.82, 2.24) is 15.0 Å². The van der Waals surface area contributed by atoms with Gasteiger partial charge in [-0.05, 0) is 57.3 Å². The number of morpholine rings is 1. The van der Waals surface area contributed by atoms with E-state index in [4.69, 9.17) is 4.74 Å². The Balaban J connectivity index is 1.78. The Bertz CT molecular complexity index is 1060. The van der Waals surface area contributed by atoms with Crippen molar-refractivity contribution < 1.29 is 18.7 Å². The average molecular weight is 418 g/mol. The number of halogens is 1. The van der Waals surface area contributed by atoms with E-state index in [1.807, 2.05) is 38.7 Å². The first-order chi connectivity index (χ1) is 13.7. The summed E-state index contributed by atoms with van der Waals surface area (Å²) in [6, 6.07) is 0.640. The quantitative estimate of drug-likeness (QED) is 0.687. The van der Waals surface area contributed by atoms with Crippen LogP contribution < -0.4 is 15.5 Å². The lowest BCUT2D eigenvalue weighted by Gasteiger charge is -2.58. The number of amides is 3. The largest absolute Gasteiger partial charge is 0.372 e. The van der Waals surface area contributed by atoms with Crippen LogP contribution in [-0.2, 0) is 16.0 Å². The predicted octanol–water partition coefficient (Wildman–Crippen LogP) is 2.50. The number of nitrogens with zero attached hydrogens (tertiary/aromatic N) is 2. The Morgan fingerprint density at radius 3 is 2.83 bits per heavy atom. The van der Waals surface area contributed by atoms with Gasteiger partial charge in [-0.25, -0.2) is 9.18 Å². The van der Waals surface area contributed by atoms with Crippen molar-refractivity contribution >= 4 is 39.2 Å². The molecule has 1 aromatic carbocycles. The van der Waals surface area contributed by atoms with Crippen LogP contribution in [0.15, 0.2) is 6.07 Å². The third-order valence-electron chi connectivity index (χ3n) is 6.69. The topological polar surface area (TPSA) is 83.6 Å². The fourth-order valence-corrected chi connectivity index (χ4v) is 6.33. The van der Waals surface area contributed by atoms with E-state index >= 15 is 4.39 Å². The molecule has 7 nitrogen and oxygen atoms in total. The normalized spacial score (nSPS) is 34.0. The number of fused-ring (bicyclic) bond motifs is 5. The molecule has 5 atom stereocenters. The van der Waals surface area contributed by atoms with Gasteiger partial charge in [0.05, 0.1) is 39.7 Å². The summed E-state index contributed by atoms with van der Waals surface area (Å²) in [4.78, 5) is 27.2. The van der Waals surface area contributed by atoms with E-state index in [9.17, 15) is 9.59 Å². The van der Waals surface area contributed by atoms with Crippen LogP contribution in [0.25, 0.3) is 10.1 Å². The van der Waals surface area contributed by atoms with Crippen LogP contribution in [-0.4, -0.2) is 47.1 Å². The number of imide groups is 1. The van der Waals surface area contributed by atoms with Crippen molar-refractivity contribution in [3.8, 4) is 0 Å². The van der Waals surface area contributed by atoms with Gasteiger partial charge in [0, 0.05) is 18.0 Å². The summed E-state index contributed by atoms with van der Waals surface area (Å²) >= 11 is 1.16. The van der Waals surface area contributed by atoms with E-state index in [-0.39, 0.29) is 23.9 Å². The van der Waals surface area contributed by atoms with E-state index in [0.717, 1.165) is 28.2 Å². The van der Waals surface area contributed by atoms with Crippen LogP contribution in [0.4, 0.5) is 14.9 Å². The molecule has 3 amide bonds. The second kappa shape index (κ2) is 6.12. The number of carbonyl (C=O) groups is 2. The number of ether oxygens (including phenoxy) is 1. The first kappa shape index (κ1) is 18.7. The van der Waals surface area contributed by atoms with Gasteiger partial charge >= 0.3 is 6.03 Å². The molecular formula is C20H23FN4O3S. The van der Waals surface area contributed by atoms with Gasteiger partial charge in [-0.2, -0.15) is 4.37 Å². The van der Waals surface area contributed by atoms with Gasteiger partial charge in [-0.15, -0.1) is 0 Å². The molecule has 29 heavy (non-hydrogen) atoms. The Hall–Kier alpha value is -2.26. The molecule has 2 N–H and O–H groups in total. The number of hydrogen-bond donors (Lipinski definition) is 2. The molecule has 2 fully saturated rings. The molecule has 9 heteroatoms. The number of nitrogens with one attached hydrogen (secondary N) is 2. The van der Waals surface area contributed by atoms with Gasteiger partial charge in [-0.3, -0.25) is 10.1 Å². The lowest BCUT2D eigenvalue weighted by atomic mass is 9.63. The number of benzene rings is 1. The first-order valence-corrected chi connectivity index (χ1v) is 10.6. The molecule has 3 aliphatic rings. The summed E-state index contributed by atoms with van der Waals surface area (Å²) in [6.45, 7) is 8.05. The monoisotopic (exact) mass is 418 g/mol. The summed E-state index contributed by atoms with van der Waals surface area (Å²) in [5, 5.41) is 6.10. The number of carbonyl (C=O) groups excluding carboxylic acids is 2. The van der Waals surface area contributed by atoms with Crippen molar-refractivity contribution in [3.63, 3.8) is 0 Å². The maximum atomic E-state index is 15.7. The highest BCUT2D eigenvalue weighted by atomic mass is 32.1. The van der Waals surface area contributed by atoms with Crippen molar-refractivity contribution in [3.05, 3.63) is 23.1 Å². The molecule has 0 radical (unpaired) electrons. The number of hydrogen-bond acceptors (Lipinski definition) is 6. The highest BCUT2D eigenvalue weighted by molar-refractivity contribution is 7.13. The molecule has 4 heterocycles. The Morgan fingerprint density at radius 1 is 1.34 bits per heavy atom. The van der Waals surface area contributed by atoms with E-state index in [2.05, 4.69) is 15.0 Å². The molecule has 2 unspecified atom stereocenters. The van der Waals surface area contributed by atoms with Gasteiger partial charge in [0.15, 0.2) is 5.82 Å². The van der Waals surface area contributed by atoms with E-state index in [1.165, 1.54) is 0 Å². The molecule has 0 bridgehead atoms. The van der Waals surface area contributed by atoms with Gasteiger partial charge in [0.2, 0.25) is 5.91 Å². The molecule has 0 aliphatic carbocycles. The van der Waals surface area contributed by atoms with Gasteiger partial charge in [0.1, 0.15) is 0 Å². The van der Waals surface area contributed by atoms with Gasteiger partial charge in [-0.1, -0.05) is 0 Å². The minimum Gasteiger partial charge on any atom is -0.372 e. The van der Waals surface area contributed by atoms with Gasteiger partial charge in [0.25, 0.3) is 0 Å². The minimum absolute atomic E-state index is 0.112. The molecule has 3 aliphatic heterocycles. The number of urea groups is 1. The molecule has 0 saturated carbocycles. The molecule has 154 valence electrons. The molecular weight excluding hydrogens is 395 g/mol. The lowest BCUT2D eigenvalue weighted by Crippen LogP contribution is -2.76. The number of aryl methyl sites for hydroxylation is 1. The highest BCUT2D eigenvalue weighted by Crippen LogP contribution is 2.50. The summed E-state index contributed by atoms with van der Waals surface area (Å²) in [5.41, 5.74) is 1.13. The van der Waals surface area contributed by atoms with E-state index < -0.39 is 23.5 Å². The maximum absolute atomic E-state index is 15.7. The minimum atomic E-state index is -0.960. The third-order valence-corrected chi connectivity index (χ3v) is 7.63. The number of anilines is 1. The molecule has 5 rings (SSSR count). The highest BCUT2D eigenvalue weighted by Gasteiger charge is 2.61. The van der Waals surface area contributed by atoms with E-state index in [1.54, 1.807) is 0 Å². The van der Waals surface area contributed by atoms with Crippen LogP contribution in [0.3, 0.4) is 0 Å². The molecule has 2 aromatic rings. The smallest absolute Gasteiger partial charge is 0.321 e. The van der Waals surface area contributed by atoms with Crippen LogP contribution >= 0.6 is 11.5 Å². The van der Waals surface area contributed by atoms with E-state index in [0.29, 0.717) is 23.4 Å². The lowest BCUT2D eigenvalue weighted by molar-refractivity contribution is -0.142. The zero-order chi connectivity index (χ0) is 20.7. The summed E-state index contributed by atoms with van der Waals surface area (Å²) in [7, 11) is 0. The van der Waals surface area contributed by atoms with Crippen molar-refractivity contribution in [2.75, 3.05) is 11.4 Å². The Kier molecular flexibility index (Phi) is 3.96. The van der Waals surface area contributed by atoms with Crippen LogP contribution in [0.1, 0.15) is 32.0 Å². The second-order valence-corrected chi connectivity index (χ2v) is 9.23. The SMILES string of the molecule is Cc1nsc2c(F)c3c(cc12)CC1(C(=O)NC(=O)NC1C)[C@H]1[C@H](C)O[C@H](C)CN31. The Labute approximate surface area is 171 Å². The Morgan fingerprint density at radius 2 is 2.10 bits per heavy atom. The third kappa shape index (κ3) is 2.40. The molecule has 1 spiro atoms. The number of rotatable bonds is 0. The van der Waals surface area contributed by atoms with Crippen molar-refractivity contribution in [2.45, 2.75) is 58.4 Å². The zero-order valence-electron chi connectivity index (χ0n) is 16.7. The first-order valence-electron chi connectivity index (χ1n) is 9.85. The number of aromatic nitrogens is 1. The van der Waals surface area contributed by atoms with Gasteiger partial charge < -0.3 is 15.0 Å². The fourth-order valence-electron chi connectivity index (χ4n) is 5.52. The molecule has 2 saturated heterocycles. The standard InChI is InChI=1S/C20H23FN4O3S/c1-8-7-25-15-12(5-13-9(2)24-29-16(13)14(15)21)6-20(17(25)10(3)28-8)11(4)22-19(27)23-18(20)26/h5,8,10-11,17H,6-7H2,1-4H3,(H2,22,23,26,27)/t8-,10+,11?,17-,20?/m1/s1. The predicted molar refractivity (Wildman–Crippen MR) is 108 cm³/mol. The average Bonchev–Trinajstić information content (AvgIpc) is 3.00. The van der Waals surface area contributed by atoms with Crippen molar-refractivity contribution in [2.24, 2.45) is 5.41 Å². The van der Waals surface area contributed by atoms with Crippen molar-refractivity contribution in [1.29, 1.82) is 0 Å². The molecule has 1 aromatic heterocycles.